The van der Waals surface area contributed by atoms with E-state index in [9.17, 15) is 19.2 Å². The predicted molar refractivity (Wildman–Crippen MR) is 97.3 cm³/mol. The van der Waals surface area contributed by atoms with Crippen LogP contribution in [0.3, 0.4) is 0 Å². The van der Waals surface area contributed by atoms with Crippen molar-refractivity contribution in [3.05, 3.63) is 83.0 Å². The first-order chi connectivity index (χ1) is 12.4. The minimum absolute atomic E-state index is 0.144. The lowest BCUT2D eigenvalue weighted by Gasteiger charge is -2.10. The van der Waals surface area contributed by atoms with Crippen LogP contribution < -0.4 is 11.5 Å². The fourth-order valence-electron chi connectivity index (χ4n) is 2.69. The second-order valence-corrected chi connectivity index (χ2v) is 5.70. The van der Waals surface area contributed by atoms with Crippen LogP contribution in [0.1, 0.15) is 41.4 Å². The van der Waals surface area contributed by atoms with Crippen LogP contribution in [0, 0.1) is 0 Å². The van der Waals surface area contributed by atoms with Gasteiger partial charge in [0.25, 0.3) is 0 Å². The minimum atomic E-state index is -0.201. The van der Waals surface area contributed by atoms with Gasteiger partial charge >= 0.3 is 0 Å². The number of benzene rings is 2. The Labute approximate surface area is 148 Å². The molecule has 0 aromatic heterocycles. The van der Waals surface area contributed by atoms with Gasteiger partial charge in [-0.2, -0.15) is 0 Å². The Morgan fingerprint density at radius 1 is 0.577 bits per heavy atom. The number of carbonyl (C=O) groups is 4. The molecule has 2 aliphatic carbocycles. The van der Waals surface area contributed by atoms with Gasteiger partial charge in [-0.1, -0.05) is 12.1 Å². The Kier molecular flexibility index (Phi) is 4.33. The number of anilines is 2. The molecule has 0 saturated heterocycles. The molecule has 0 saturated carbocycles. The van der Waals surface area contributed by atoms with Gasteiger partial charge in [0.2, 0.25) is 0 Å². The number of fused-ring (bicyclic) bond motifs is 2. The smallest absolute Gasteiger partial charge is 0.188 e. The fourth-order valence-corrected chi connectivity index (χ4v) is 2.69. The van der Waals surface area contributed by atoms with Crippen molar-refractivity contribution < 1.29 is 19.2 Å². The molecule has 4 N–H and O–H groups in total. The third-order valence-electron chi connectivity index (χ3n) is 3.96. The minimum Gasteiger partial charge on any atom is -0.399 e. The number of carbonyl (C=O) groups excluding carboxylic acids is 4. The Hall–Kier alpha value is -3.80. The summed E-state index contributed by atoms with van der Waals surface area (Å²) in [5.74, 6) is -0.675. The highest BCUT2D eigenvalue weighted by atomic mass is 16.1. The van der Waals surface area contributed by atoms with E-state index in [0.29, 0.717) is 33.6 Å². The molecular formula is C20H14N2O4. The quantitative estimate of drug-likeness (QED) is 0.707. The van der Waals surface area contributed by atoms with Gasteiger partial charge in [0.1, 0.15) is 0 Å². The number of nitrogens with two attached hydrogens (primary N) is 2. The monoisotopic (exact) mass is 346 g/mol. The molecule has 4 rings (SSSR count). The highest BCUT2D eigenvalue weighted by Gasteiger charge is 2.20. The van der Waals surface area contributed by atoms with Crippen LogP contribution in [-0.4, -0.2) is 23.1 Å². The molecule has 0 atom stereocenters. The third-order valence-corrected chi connectivity index (χ3v) is 3.96. The Bertz CT molecular complexity index is 1030. The van der Waals surface area contributed by atoms with E-state index < -0.39 is 0 Å². The molecule has 0 bridgehead atoms. The van der Waals surface area contributed by atoms with E-state index in [4.69, 9.17) is 11.5 Å². The molecule has 0 fully saturated rings. The second kappa shape index (κ2) is 6.60. The first-order valence-electron chi connectivity index (χ1n) is 7.70. The van der Waals surface area contributed by atoms with Gasteiger partial charge in [-0.05, 0) is 48.6 Å². The van der Waals surface area contributed by atoms with Crippen LogP contribution in [0.5, 0.6) is 0 Å². The van der Waals surface area contributed by atoms with Crippen molar-refractivity contribution in [3.63, 3.8) is 0 Å². The number of hydrogen-bond acceptors (Lipinski definition) is 6. The molecule has 0 radical (unpaired) electrons. The Morgan fingerprint density at radius 3 is 1.81 bits per heavy atom. The van der Waals surface area contributed by atoms with Crippen molar-refractivity contribution >= 4 is 34.5 Å². The summed E-state index contributed by atoms with van der Waals surface area (Å²) >= 11 is 0. The van der Waals surface area contributed by atoms with Crippen molar-refractivity contribution in [2.75, 3.05) is 11.5 Å². The summed E-state index contributed by atoms with van der Waals surface area (Å²) in [5, 5.41) is 0. The summed E-state index contributed by atoms with van der Waals surface area (Å²) in [6.45, 7) is 0. The molecule has 2 aromatic carbocycles. The summed E-state index contributed by atoms with van der Waals surface area (Å²) in [6, 6.07) is 9.60. The zero-order valence-corrected chi connectivity index (χ0v) is 13.6. The van der Waals surface area contributed by atoms with Crippen LogP contribution >= 0.6 is 0 Å². The van der Waals surface area contributed by atoms with Crippen molar-refractivity contribution in [1.82, 2.24) is 0 Å². The van der Waals surface area contributed by atoms with Gasteiger partial charge in [-0.15, -0.1) is 0 Å². The first kappa shape index (κ1) is 17.0. The lowest BCUT2D eigenvalue weighted by Crippen LogP contribution is -2.13. The van der Waals surface area contributed by atoms with Gasteiger partial charge in [-0.25, -0.2) is 0 Å². The van der Waals surface area contributed by atoms with Gasteiger partial charge in [0, 0.05) is 28.1 Å². The van der Waals surface area contributed by atoms with Crippen LogP contribution in [-0.2, 0) is 0 Å². The molecule has 2 aliphatic rings. The van der Waals surface area contributed by atoms with Gasteiger partial charge in [0.15, 0.2) is 23.1 Å². The van der Waals surface area contributed by atoms with Crippen molar-refractivity contribution in [2.45, 2.75) is 0 Å². The van der Waals surface area contributed by atoms with Gasteiger partial charge in [0.05, 0.1) is 5.56 Å². The molecule has 0 aliphatic heterocycles. The maximum atomic E-state index is 11.3. The summed E-state index contributed by atoms with van der Waals surface area (Å²) in [7, 11) is 0. The lowest BCUT2D eigenvalue weighted by molar-refractivity contribution is 0.0994. The Balaban J connectivity index is 0.000000151. The standard InChI is InChI=1S/2C10H7NO2/c11-6-1-2-7-8(5-6)10(13)4-3-9(7)12;11-7-3-1-2-6-8(12)4-5-9(13)10(6)7/h2*1-5H,11H2. The maximum Gasteiger partial charge on any atom is 0.188 e. The highest BCUT2D eigenvalue weighted by molar-refractivity contribution is 6.24. The van der Waals surface area contributed by atoms with Crippen LogP contribution in [0.2, 0.25) is 0 Å². The summed E-state index contributed by atoms with van der Waals surface area (Å²) in [4.78, 5) is 45.2. The summed E-state index contributed by atoms with van der Waals surface area (Å²) in [6.07, 6.45) is 5.07. The van der Waals surface area contributed by atoms with E-state index in [1.807, 2.05) is 0 Å². The topological polar surface area (TPSA) is 120 Å². The van der Waals surface area contributed by atoms with Crippen molar-refractivity contribution in [3.8, 4) is 0 Å². The highest BCUT2D eigenvalue weighted by Crippen LogP contribution is 2.22. The number of nitrogen functional groups attached to an aromatic ring is 2. The van der Waals surface area contributed by atoms with E-state index in [2.05, 4.69) is 0 Å². The Morgan fingerprint density at radius 2 is 1.15 bits per heavy atom. The third kappa shape index (κ3) is 3.08. The number of hydrogen-bond donors (Lipinski definition) is 2. The molecule has 128 valence electrons. The van der Waals surface area contributed by atoms with E-state index in [-0.39, 0.29) is 23.1 Å². The largest absolute Gasteiger partial charge is 0.399 e. The molecule has 0 heterocycles. The maximum absolute atomic E-state index is 11.3. The van der Waals surface area contributed by atoms with E-state index in [0.717, 1.165) is 0 Å². The molecule has 6 nitrogen and oxygen atoms in total. The van der Waals surface area contributed by atoms with E-state index in [1.54, 1.807) is 30.3 Å². The van der Waals surface area contributed by atoms with Crippen molar-refractivity contribution in [2.24, 2.45) is 0 Å². The average molecular weight is 346 g/mol. The molecule has 0 amide bonds. The second-order valence-electron chi connectivity index (χ2n) is 5.70. The molecular weight excluding hydrogens is 332 g/mol. The summed E-state index contributed by atoms with van der Waals surface area (Å²) in [5.41, 5.74) is 13.5. The predicted octanol–water partition coefficient (Wildman–Crippen LogP) is 2.41. The molecule has 2 aromatic rings. The van der Waals surface area contributed by atoms with Crippen LogP contribution in [0.15, 0.2) is 60.7 Å². The average Bonchev–Trinajstić information content (AvgIpc) is 2.62. The zero-order chi connectivity index (χ0) is 18.8. The number of rotatable bonds is 0. The fraction of sp³-hybridized carbons (Fsp3) is 0. The summed E-state index contributed by atoms with van der Waals surface area (Å²) < 4.78 is 0. The lowest BCUT2D eigenvalue weighted by atomic mass is 9.93. The van der Waals surface area contributed by atoms with Gasteiger partial charge in [-0.3, -0.25) is 19.2 Å². The molecule has 0 spiro atoms. The molecule has 6 heteroatoms. The molecule has 26 heavy (non-hydrogen) atoms. The molecule has 0 unspecified atom stereocenters. The van der Waals surface area contributed by atoms with Crippen molar-refractivity contribution in [1.29, 1.82) is 0 Å². The first-order valence-corrected chi connectivity index (χ1v) is 7.70. The van der Waals surface area contributed by atoms with Gasteiger partial charge < -0.3 is 11.5 Å². The zero-order valence-electron chi connectivity index (χ0n) is 13.6. The van der Waals surface area contributed by atoms with E-state index in [1.165, 1.54) is 30.4 Å². The number of allylic oxidation sites excluding steroid dienone is 4. The number of ketones is 4. The van der Waals surface area contributed by atoms with Crippen LogP contribution in [0.25, 0.3) is 0 Å². The normalized spacial score (nSPS) is 14.5. The SMILES string of the molecule is Nc1ccc2c(c1)C(=O)C=CC2=O.Nc1cccc2c1C(=O)C=CC2=O. The van der Waals surface area contributed by atoms with Crippen LogP contribution in [0.4, 0.5) is 11.4 Å². The van der Waals surface area contributed by atoms with E-state index >= 15 is 0 Å².